The Balaban J connectivity index is 0.000000531. The fourth-order valence-corrected chi connectivity index (χ4v) is 1.85. The molecule has 0 aliphatic rings. The van der Waals surface area contributed by atoms with Crippen molar-refractivity contribution in [1.82, 2.24) is 4.98 Å². The predicted molar refractivity (Wildman–Crippen MR) is 69.9 cm³/mol. The second-order valence-corrected chi connectivity index (χ2v) is 4.14. The van der Waals surface area contributed by atoms with E-state index in [1.807, 2.05) is 39.1 Å². The topological polar surface area (TPSA) is 41.8 Å². The van der Waals surface area contributed by atoms with Gasteiger partial charge in [-0.3, -0.25) is 0 Å². The summed E-state index contributed by atoms with van der Waals surface area (Å²) in [5.74, 6) is 0. The van der Waals surface area contributed by atoms with Gasteiger partial charge in [0.05, 0.1) is 0 Å². The Hall–Kier alpha value is -0.800. The number of benzene rings is 1. The molecule has 1 heterocycles. The minimum absolute atomic E-state index is 0.0723. The van der Waals surface area contributed by atoms with Gasteiger partial charge in [0, 0.05) is 27.6 Å². The molecule has 2 aromatic rings. The average molecular weight is 269 g/mol. The molecular formula is C12H17BrN2. The molecule has 0 amide bonds. The van der Waals surface area contributed by atoms with Gasteiger partial charge < -0.3 is 10.7 Å². The van der Waals surface area contributed by atoms with Crippen molar-refractivity contribution < 1.29 is 0 Å². The summed E-state index contributed by atoms with van der Waals surface area (Å²) >= 11 is 3.45. The Kier molecular flexibility index (Phi) is 4.36. The van der Waals surface area contributed by atoms with Gasteiger partial charge in [-0.15, -0.1) is 0 Å². The van der Waals surface area contributed by atoms with Crippen LogP contribution in [0.3, 0.4) is 0 Å². The van der Waals surface area contributed by atoms with E-state index >= 15 is 0 Å². The number of fused-ring (bicyclic) bond motifs is 1. The zero-order valence-electron chi connectivity index (χ0n) is 9.34. The summed E-state index contributed by atoms with van der Waals surface area (Å²) in [5, 5.41) is 1.20. The zero-order chi connectivity index (χ0) is 11.4. The number of aromatic nitrogens is 1. The fourth-order valence-electron chi connectivity index (χ4n) is 1.49. The molecule has 0 bridgehead atoms. The molecule has 3 N–H and O–H groups in total. The van der Waals surface area contributed by atoms with Crippen LogP contribution in [0, 0.1) is 0 Å². The molecule has 0 fully saturated rings. The number of H-pyrrole nitrogens is 1. The van der Waals surface area contributed by atoms with Crippen molar-refractivity contribution >= 4 is 26.8 Å². The van der Waals surface area contributed by atoms with Gasteiger partial charge in [0.1, 0.15) is 0 Å². The first kappa shape index (κ1) is 12.3. The zero-order valence-corrected chi connectivity index (χ0v) is 10.9. The average Bonchev–Trinajstić information content (AvgIpc) is 2.63. The second-order valence-electron chi connectivity index (χ2n) is 3.22. The Labute approximate surface area is 99.0 Å². The molecule has 1 aromatic heterocycles. The van der Waals surface area contributed by atoms with E-state index in [2.05, 4.69) is 27.0 Å². The van der Waals surface area contributed by atoms with Crippen LogP contribution in [0.1, 0.15) is 32.4 Å². The van der Waals surface area contributed by atoms with Crippen LogP contribution in [0.5, 0.6) is 0 Å². The van der Waals surface area contributed by atoms with Gasteiger partial charge >= 0.3 is 0 Å². The van der Waals surface area contributed by atoms with Gasteiger partial charge in [-0.1, -0.05) is 29.8 Å². The summed E-state index contributed by atoms with van der Waals surface area (Å²) in [5.41, 5.74) is 8.14. The summed E-state index contributed by atoms with van der Waals surface area (Å²) in [7, 11) is 0. The summed E-state index contributed by atoms with van der Waals surface area (Å²) in [6.07, 6.45) is 1.97. The lowest BCUT2D eigenvalue weighted by Crippen LogP contribution is -2.03. The van der Waals surface area contributed by atoms with E-state index in [1.54, 1.807) is 0 Å². The number of rotatable bonds is 1. The highest BCUT2D eigenvalue weighted by atomic mass is 79.9. The van der Waals surface area contributed by atoms with Gasteiger partial charge in [-0.2, -0.15) is 0 Å². The molecule has 0 saturated heterocycles. The van der Waals surface area contributed by atoms with Gasteiger partial charge in [0.25, 0.3) is 0 Å². The molecule has 0 aliphatic carbocycles. The summed E-state index contributed by atoms with van der Waals surface area (Å²) < 4.78 is 1.08. The summed E-state index contributed by atoms with van der Waals surface area (Å²) in [6.45, 7) is 5.99. The molecule has 82 valence electrons. The fraction of sp³-hybridized carbons (Fsp3) is 0.333. The van der Waals surface area contributed by atoms with Crippen molar-refractivity contribution in [2.75, 3.05) is 0 Å². The molecule has 1 aromatic carbocycles. The monoisotopic (exact) mass is 268 g/mol. The molecule has 1 unspecified atom stereocenters. The molecule has 2 nitrogen and oxygen atoms in total. The maximum Gasteiger partial charge on any atom is 0.0458 e. The van der Waals surface area contributed by atoms with Crippen molar-refractivity contribution in [2.24, 2.45) is 5.73 Å². The van der Waals surface area contributed by atoms with E-state index in [4.69, 9.17) is 5.73 Å². The summed E-state index contributed by atoms with van der Waals surface area (Å²) in [4.78, 5) is 3.20. The van der Waals surface area contributed by atoms with Crippen molar-refractivity contribution in [3.8, 4) is 0 Å². The number of nitrogens with two attached hydrogens (primary N) is 1. The largest absolute Gasteiger partial charge is 0.361 e. The van der Waals surface area contributed by atoms with Crippen molar-refractivity contribution in [2.45, 2.75) is 26.8 Å². The quantitative estimate of drug-likeness (QED) is 0.807. The number of hydrogen-bond acceptors (Lipinski definition) is 1. The third-order valence-electron chi connectivity index (χ3n) is 2.17. The minimum Gasteiger partial charge on any atom is -0.361 e. The molecule has 1 atom stereocenters. The predicted octanol–water partition coefficient (Wildman–Crippen LogP) is 3.98. The van der Waals surface area contributed by atoms with Crippen LogP contribution in [-0.2, 0) is 0 Å². The van der Waals surface area contributed by atoms with Crippen LogP contribution in [-0.4, -0.2) is 4.98 Å². The number of hydrogen-bond donors (Lipinski definition) is 2. The number of aromatic amines is 1. The SMILES string of the molecule is CC.CC(N)c1c[nH]c2ccc(Br)cc12. The first-order valence-corrected chi connectivity index (χ1v) is 6.00. The molecule has 0 radical (unpaired) electrons. The smallest absolute Gasteiger partial charge is 0.0458 e. The van der Waals surface area contributed by atoms with E-state index in [0.717, 1.165) is 15.6 Å². The van der Waals surface area contributed by atoms with Crippen molar-refractivity contribution in [3.05, 3.63) is 34.4 Å². The van der Waals surface area contributed by atoms with Crippen LogP contribution in [0.4, 0.5) is 0 Å². The first-order valence-electron chi connectivity index (χ1n) is 5.20. The van der Waals surface area contributed by atoms with Crippen LogP contribution >= 0.6 is 15.9 Å². The highest BCUT2D eigenvalue weighted by molar-refractivity contribution is 9.10. The van der Waals surface area contributed by atoms with Gasteiger partial charge in [0.2, 0.25) is 0 Å². The van der Waals surface area contributed by atoms with E-state index in [1.165, 1.54) is 5.39 Å². The van der Waals surface area contributed by atoms with Crippen LogP contribution < -0.4 is 5.73 Å². The van der Waals surface area contributed by atoms with E-state index in [9.17, 15) is 0 Å². The molecule has 3 heteroatoms. The minimum atomic E-state index is 0.0723. The van der Waals surface area contributed by atoms with E-state index in [0.29, 0.717) is 0 Å². The Morgan fingerprint density at radius 1 is 1.33 bits per heavy atom. The standard InChI is InChI=1S/C10H11BrN2.C2H6/c1-6(12)9-5-13-10-3-2-7(11)4-8(9)10;1-2/h2-6,13H,12H2,1H3;1-2H3. The first-order chi connectivity index (χ1) is 7.18. The highest BCUT2D eigenvalue weighted by Gasteiger charge is 2.06. The number of nitrogens with one attached hydrogen (secondary N) is 1. The van der Waals surface area contributed by atoms with Crippen LogP contribution in [0.25, 0.3) is 10.9 Å². The molecule has 2 rings (SSSR count). The van der Waals surface area contributed by atoms with E-state index in [-0.39, 0.29) is 6.04 Å². The second kappa shape index (κ2) is 5.33. The summed E-state index contributed by atoms with van der Waals surface area (Å²) in [6, 6.07) is 6.22. The molecule has 15 heavy (non-hydrogen) atoms. The maximum absolute atomic E-state index is 5.84. The van der Waals surface area contributed by atoms with Gasteiger partial charge in [-0.05, 0) is 30.7 Å². The van der Waals surface area contributed by atoms with Crippen molar-refractivity contribution in [3.63, 3.8) is 0 Å². The normalized spacial score (nSPS) is 12.1. The molecular weight excluding hydrogens is 252 g/mol. The van der Waals surface area contributed by atoms with Gasteiger partial charge in [-0.25, -0.2) is 0 Å². The molecule has 0 aliphatic heterocycles. The molecule has 0 saturated carbocycles. The van der Waals surface area contributed by atoms with Crippen LogP contribution in [0.2, 0.25) is 0 Å². The maximum atomic E-state index is 5.84. The lowest BCUT2D eigenvalue weighted by atomic mass is 10.1. The third kappa shape index (κ3) is 2.61. The van der Waals surface area contributed by atoms with Crippen LogP contribution in [0.15, 0.2) is 28.9 Å². The Bertz CT molecular complexity index is 432. The third-order valence-corrected chi connectivity index (χ3v) is 2.66. The number of halogens is 1. The van der Waals surface area contributed by atoms with Gasteiger partial charge in [0.15, 0.2) is 0 Å². The van der Waals surface area contributed by atoms with E-state index < -0.39 is 0 Å². The Morgan fingerprint density at radius 2 is 2.00 bits per heavy atom. The molecule has 0 spiro atoms. The lowest BCUT2D eigenvalue weighted by molar-refractivity contribution is 0.826. The van der Waals surface area contributed by atoms with Crippen molar-refractivity contribution in [1.29, 1.82) is 0 Å². The Morgan fingerprint density at radius 3 is 2.60 bits per heavy atom. The lowest BCUT2D eigenvalue weighted by Gasteiger charge is -2.02. The highest BCUT2D eigenvalue weighted by Crippen LogP contribution is 2.25.